The Hall–Kier alpha value is -2.25. The molecule has 2 N–H and O–H groups in total. The van der Waals surface area contributed by atoms with Gasteiger partial charge in [0.15, 0.2) is 18.1 Å². The molecule has 0 bridgehead atoms. The van der Waals surface area contributed by atoms with Gasteiger partial charge in [-0.3, -0.25) is 0 Å². The molecule has 0 amide bonds. The van der Waals surface area contributed by atoms with E-state index < -0.39 is 18.9 Å². The van der Waals surface area contributed by atoms with Crippen molar-refractivity contribution in [2.45, 2.75) is 38.2 Å². The van der Waals surface area contributed by atoms with E-state index >= 15 is 0 Å². The third kappa shape index (κ3) is 4.93. The summed E-state index contributed by atoms with van der Waals surface area (Å²) >= 11 is 0. The summed E-state index contributed by atoms with van der Waals surface area (Å²) in [6.45, 7) is 1.14. The zero-order valence-electron chi connectivity index (χ0n) is 14.9. The van der Waals surface area contributed by atoms with Crippen LogP contribution in [0.25, 0.3) is 0 Å². The summed E-state index contributed by atoms with van der Waals surface area (Å²) in [7, 11) is 0. The first-order chi connectivity index (χ1) is 12.9. The number of rotatable bonds is 7. The summed E-state index contributed by atoms with van der Waals surface area (Å²) < 4.78 is 47.4. The third-order valence-electron chi connectivity index (χ3n) is 4.43. The molecule has 4 nitrogen and oxygen atoms in total. The van der Waals surface area contributed by atoms with Crippen LogP contribution in [-0.2, 0) is 13.0 Å². The van der Waals surface area contributed by atoms with Gasteiger partial charge in [-0.25, -0.2) is 0 Å². The first kappa shape index (κ1) is 19.5. The van der Waals surface area contributed by atoms with Crippen molar-refractivity contribution < 1.29 is 27.8 Å². The lowest BCUT2D eigenvalue weighted by Crippen LogP contribution is -2.28. The van der Waals surface area contributed by atoms with Crippen molar-refractivity contribution in [3.05, 3.63) is 59.2 Å². The molecule has 0 aromatic heterocycles. The number of hydrogen-bond donors (Lipinski definition) is 2. The second-order valence-electron chi connectivity index (χ2n) is 6.45. The largest absolute Gasteiger partial charge is 0.490 e. The molecule has 1 aliphatic carbocycles. The van der Waals surface area contributed by atoms with Gasteiger partial charge in [-0.1, -0.05) is 30.3 Å². The SMILES string of the molecule is CCOc1cc(CN[C@@H]2c3ccccc3C[C@@H]2O)ccc1OCC(F)(F)F. The highest BCUT2D eigenvalue weighted by Crippen LogP contribution is 2.33. The predicted octanol–water partition coefficient (Wildman–Crippen LogP) is 3.77. The van der Waals surface area contributed by atoms with Gasteiger partial charge in [0.2, 0.25) is 0 Å². The van der Waals surface area contributed by atoms with Crippen LogP contribution in [0, 0.1) is 0 Å². The Bertz CT molecular complexity index is 779. The molecular formula is C20H22F3NO3. The van der Waals surface area contributed by atoms with Crippen LogP contribution in [0.15, 0.2) is 42.5 Å². The monoisotopic (exact) mass is 381 g/mol. The zero-order valence-corrected chi connectivity index (χ0v) is 14.9. The molecule has 146 valence electrons. The molecule has 3 rings (SSSR count). The normalized spacial score (nSPS) is 19.0. The molecular weight excluding hydrogens is 359 g/mol. The van der Waals surface area contributed by atoms with E-state index in [4.69, 9.17) is 9.47 Å². The number of aliphatic hydroxyl groups is 1. The van der Waals surface area contributed by atoms with Crippen molar-refractivity contribution in [1.82, 2.24) is 5.32 Å². The van der Waals surface area contributed by atoms with Crippen LogP contribution in [-0.4, -0.2) is 30.6 Å². The third-order valence-corrected chi connectivity index (χ3v) is 4.43. The average Bonchev–Trinajstić information content (AvgIpc) is 2.94. The van der Waals surface area contributed by atoms with Crippen LogP contribution in [0.4, 0.5) is 13.2 Å². The van der Waals surface area contributed by atoms with E-state index in [0.29, 0.717) is 19.6 Å². The smallest absolute Gasteiger partial charge is 0.422 e. The predicted molar refractivity (Wildman–Crippen MR) is 94.9 cm³/mol. The van der Waals surface area contributed by atoms with E-state index in [1.165, 1.54) is 6.07 Å². The summed E-state index contributed by atoms with van der Waals surface area (Å²) in [6, 6.07) is 12.5. The second-order valence-corrected chi connectivity index (χ2v) is 6.45. The summed E-state index contributed by atoms with van der Waals surface area (Å²) in [5, 5.41) is 13.6. The lowest BCUT2D eigenvalue weighted by molar-refractivity contribution is -0.153. The number of aliphatic hydroxyl groups excluding tert-OH is 1. The van der Waals surface area contributed by atoms with E-state index in [9.17, 15) is 18.3 Å². The fraction of sp³-hybridized carbons (Fsp3) is 0.400. The van der Waals surface area contributed by atoms with Crippen LogP contribution in [0.5, 0.6) is 11.5 Å². The Kier molecular flexibility index (Phi) is 5.92. The molecule has 0 aliphatic heterocycles. The van der Waals surface area contributed by atoms with Crippen LogP contribution in [0.1, 0.15) is 29.7 Å². The molecule has 0 fully saturated rings. The van der Waals surface area contributed by atoms with E-state index in [0.717, 1.165) is 16.7 Å². The van der Waals surface area contributed by atoms with Crippen molar-refractivity contribution in [1.29, 1.82) is 0 Å². The minimum atomic E-state index is -4.41. The van der Waals surface area contributed by atoms with E-state index in [1.807, 2.05) is 24.3 Å². The van der Waals surface area contributed by atoms with Crippen LogP contribution >= 0.6 is 0 Å². The maximum Gasteiger partial charge on any atom is 0.422 e. The van der Waals surface area contributed by atoms with Gasteiger partial charge in [-0.15, -0.1) is 0 Å². The Labute approximate surface area is 155 Å². The Balaban J connectivity index is 1.69. The second kappa shape index (κ2) is 8.19. The summed E-state index contributed by atoms with van der Waals surface area (Å²) in [6.07, 6.45) is -4.32. The van der Waals surface area contributed by atoms with Gasteiger partial charge in [-0.2, -0.15) is 13.2 Å². The molecule has 2 atom stereocenters. The number of alkyl halides is 3. The minimum Gasteiger partial charge on any atom is -0.490 e. The molecule has 0 unspecified atom stereocenters. The quantitative estimate of drug-likeness (QED) is 0.767. The number of hydrogen-bond acceptors (Lipinski definition) is 4. The lowest BCUT2D eigenvalue weighted by Gasteiger charge is -2.19. The van der Waals surface area contributed by atoms with Crippen molar-refractivity contribution in [3.63, 3.8) is 0 Å². The fourth-order valence-electron chi connectivity index (χ4n) is 3.26. The van der Waals surface area contributed by atoms with Crippen LogP contribution < -0.4 is 14.8 Å². The first-order valence-electron chi connectivity index (χ1n) is 8.82. The van der Waals surface area contributed by atoms with Crippen LogP contribution in [0.2, 0.25) is 0 Å². The van der Waals surface area contributed by atoms with E-state index in [-0.39, 0.29) is 17.5 Å². The molecule has 0 saturated carbocycles. The Morgan fingerprint density at radius 3 is 2.63 bits per heavy atom. The van der Waals surface area contributed by atoms with Gasteiger partial charge >= 0.3 is 6.18 Å². The molecule has 0 heterocycles. The summed E-state index contributed by atoms with van der Waals surface area (Å²) in [5.74, 6) is 0.331. The highest BCUT2D eigenvalue weighted by Gasteiger charge is 2.30. The van der Waals surface area contributed by atoms with Gasteiger partial charge in [0, 0.05) is 13.0 Å². The highest BCUT2D eigenvalue weighted by atomic mass is 19.4. The molecule has 0 radical (unpaired) electrons. The Morgan fingerprint density at radius 2 is 1.89 bits per heavy atom. The van der Waals surface area contributed by atoms with Gasteiger partial charge < -0.3 is 19.9 Å². The maximum absolute atomic E-state index is 12.4. The number of fused-ring (bicyclic) bond motifs is 1. The van der Waals surface area contributed by atoms with Crippen molar-refractivity contribution >= 4 is 0 Å². The Morgan fingerprint density at radius 1 is 1.11 bits per heavy atom. The molecule has 27 heavy (non-hydrogen) atoms. The molecule has 1 aliphatic rings. The van der Waals surface area contributed by atoms with Gasteiger partial charge in [0.1, 0.15) is 0 Å². The summed E-state index contributed by atoms with van der Waals surface area (Å²) in [5.41, 5.74) is 3.02. The topological polar surface area (TPSA) is 50.7 Å². The number of halogens is 3. The van der Waals surface area contributed by atoms with Crippen molar-refractivity contribution in [2.75, 3.05) is 13.2 Å². The summed E-state index contributed by atoms with van der Waals surface area (Å²) in [4.78, 5) is 0. The molecule has 0 saturated heterocycles. The number of ether oxygens (including phenoxy) is 2. The standard InChI is InChI=1S/C20H22F3NO3/c1-2-26-18-9-13(7-8-17(18)27-12-20(21,22)23)11-24-19-15-6-4-3-5-14(15)10-16(19)25/h3-9,16,19,24-25H,2,10-12H2,1H3/t16-,19+/m0/s1. The maximum atomic E-state index is 12.4. The molecule has 2 aromatic rings. The first-order valence-corrected chi connectivity index (χ1v) is 8.82. The van der Waals surface area contributed by atoms with Gasteiger partial charge in [0.25, 0.3) is 0 Å². The minimum absolute atomic E-state index is 0.0594. The lowest BCUT2D eigenvalue weighted by atomic mass is 10.1. The van der Waals surface area contributed by atoms with E-state index in [1.54, 1.807) is 19.1 Å². The zero-order chi connectivity index (χ0) is 19.4. The van der Waals surface area contributed by atoms with Crippen LogP contribution in [0.3, 0.4) is 0 Å². The van der Waals surface area contributed by atoms with Gasteiger partial charge in [-0.05, 0) is 35.7 Å². The number of nitrogens with one attached hydrogen (secondary N) is 1. The van der Waals surface area contributed by atoms with E-state index in [2.05, 4.69) is 5.32 Å². The highest BCUT2D eigenvalue weighted by molar-refractivity contribution is 5.43. The van der Waals surface area contributed by atoms with Gasteiger partial charge in [0.05, 0.1) is 18.8 Å². The average molecular weight is 381 g/mol. The van der Waals surface area contributed by atoms with Crippen molar-refractivity contribution in [3.8, 4) is 11.5 Å². The number of benzene rings is 2. The molecule has 0 spiro atoms. The molecule has 2 aromatic carbocycles. The molecule has 7 heteroatoms. The fourth-order valence-corrected chi connectivity index (χ4v) is 3.26. The van der Waals surface area contributed by atoms with Crippen molar-refractivity contribution in [2.24, 2.45) is 0 Å².